The summed E-state index contributed by atoms with van der Waals surface area (Å²) in [6.45, 7) is 3.63. The number of nitrogens with one attached hydrogen (secondary N) is 1. The van der Waals surface area contributed by atoms with Gasteiger partial charge in [0, 0.05) is 25.2 Å². The highest BCUT2D eigenvalue weighted by Crippen LogP contribution is 2.27. The molecular weight excluding hydrogens is 356 g/mol. The second-order valence-corrected chi connectivity index (χ2v) is 7.17. The molecule has 144 valence electrons. The van der Waals surface area contributed by atoms with Crippen molar-refractivity contribution >= 4 is 5.91 Å². The predicted octanol–water partition coefficient (Wildman–Crippen LogP) is 1.74. The lowest BCUT2D eigenvalue weighted by Gasteiger charge is -2.33. The highest BCUT2D eigenvalue weighted by atomic mass is 16.2. The first kappa shape index (κ1) is 18.1. The normalized spacial score (nSPS) is 16.9. The molecule has 0 aliphatic carbocycles. The third-order valence-corrected chi connectivity index (χ3v) is 5.08. The first-order valence-corrected chi connectivity index (χ1v) is 9.36. The number of hydrogen-bond donors (Lipinski definition) is 1. The van der Waals surface area contributed by atoms with Crippen molar-refractivity contribution in [3.63, 3.8) is 0 Å². The SMILES string of the molecule is Cc1cccc(C2CCCN(C(=O)c3cnc(Cn4cncn4)[nH]c3=O)C2)c1. The van der Waals surface area contributed by atoms with E-state index in [1.807, 2.05) is 6.07 Å². The van der Waals surface area contributed by atoms with Gasteiger partial charge < -0.3 is 9.88 Å². The number of hydrogen-bond acceptors (Lipinski definition) is 5. The minimum atomic E-state index is -0.423. The van der Waals surface area contributed by atoms with Gasteiger partial charge in [-0.05, 0) is 25.3 Å². The number of carbonyl (C=O) groups excluding carboxylic acids is 1. The van der Waals surface area contributed by atoms with Gasteiger partial charge in [-0.25, -0.2) is 14.6 Å². The summed E-state index contributed by atoms with van der Waals surface area (Å²) in [4.78, 5) is 37.9. The maximum Gasteiger partial charge on any atom is 0.263 e. The van der Waals surface area contributed by atoms with Crippen LogP contribution in [0.25, 0.3) is 0 Å². The van der Waals surface area contributed by atoms with Crippen LogP contribution in [0.4, 0.5) is 0 Å². The first-order chi connectivity index (χ1) is 13.6. The fraction of sp³-hybridized carbons (Fsp3) is 0.350. The molecule has 8 nitrogen and oxygen atoms in total. The summed E-state index contributed by atoms with van der Waals surface area (Å²) in [5, 5.41) is 3.98. The zero-order chi connectivity index (χ0) is 19.5. The molecule has 0 saturated carbocycles. The maximum absolute atomic E-state index is 12.9. The number of carbonyl (C=O) groups is 1. The van der Waals surface area contributed by atoms with Gasteiger partial charge in [0.1, 0.15) is 30.6 Å². The number of nitrogens with zero attached hydrogens (tertiary/aromatic N) is 5. The van der Waals surface area contributed by atoms with Crippen LogP contribution in [0.2, 0.25) is 0 Å². The molecule has 2 aromatic heterocycles. The predicted molar refractivity (Wildman–Crippen MR) is 103 cm³/mol. The Morgan fingerprint density at radius 2 is 2.25 bits per heavy atom. The van der Waals surface area contributed by atoms with Crippen molar-refractivity contribution in [2.45, 2.75) is 32.2 Å². The first-order valence-electron chi connectivity index (χ1n) is 9.36. The van der Waals surface area contributed by atoms with Crippen molar-refractivity contribution in [2.24, 2.45) is 0 Å². The molecule has 1 aromatic carbocycles. The zero-order valence-corrected chi connectivity index (χ0v) is 15.7. The highest BCUT2D eigenvalue weighted by Gasteiger charge is 2.27. The van der Waals surface area contributed by atoms with Crippen molar-refractivity contribution < 1.29 is 4.79 Å². The summed E-state index contributed by atoms with van der Waals surface area (Å²) in [7, 11) is 0. The van der Waals surface area contributed by atoms with E-state index in [2.05, 4.69) is 45.2 Å². The van der Waals surface area contributed by atoms with Crippen molar-refractivity contribution in [1.82, 2.24) is 29.6 Å². The van der Waals surface area contributed by atoms with E-state index in [4.69, 9.17) is 0 Å². The number of likely N-dealkylation sites (tertiary alicyclic amines) is 1. The van der Waals surface area contributed by atoms with E-state index in [0.29, 0.717) is 25.5 Å². The number of aryl methyl sites for hydroxylation is 1. The number of aromatic amines is 1. The topological polar surface area (TPSA) is 96.8 Å². The highest BCUT2D eigenvalue weighted by molar-refractivity contribution is 5.93. The van der Waals surface area contributed by atoms with Crippen LogP contribution in [0.3, 0.4) is 0 Å². The second kappa shape index (κ2) is 7.75. The fourth-order valence-electron chi connectivity index (χ4n) is 3.66. The van der Waals surface area contributed by atoms with E-state index in [1.165, 1.54) is 30.0 Å². The summed E-state index contributed by atoms with van der Waals surface area (Å²) in [6.07, 6.45) is 6.28. The number of H-pyrrole nitrogens is 1. The Balaban J connectivity index is 1.49. The van der Waals surface area contributed by atoms with Crippen LogP contribution in [-0.2, 0) is 6.54 Å². The smallest absolute Gasteiger partial charge is 0.263 e. The molecule has 1 atom stereocenters. The summed E-state index contributed by atoms with van der Waals surface area (Å²) in [5.41, 5.74) is 2.11. The minimum Gasteiger partial charge on any atom is -0.338 e. The molecule has 0 spiro atoms. The molecule has 1 N–H and O–H groups in total. The number of piperidine rings is 1. The third kappa shape index (κ3) is 3.85. The van der Waals surface area contributed by atoms with Gasteiger partial charge in [-0.2, -0.15) is 5.10 Å². The molecule has 0 bridgehead atoms. The van der Waals surface area contributed by atoms with Gasteiger partial charge in [-0.15, -0.1) is 0 Å². The molecule has 0 radical (unpaired) electrons. The molecule has 1 amide bonds. The summed E-state index contributed by atoms with van der Waals surface area (Å²) < 4.78 is 1.55. The van der Waals surface area contributed by atoms with Gasteiger partial charge in [0.15, 0.2) is 0 Å². The fourth-order valence-corrected chi connectivity index (χ4v) is 3.66. The van der Waals surface area contributed by atoms with Gasteiger partial charge in [-0.3, -0.25) is 9.59 Å². The molecule has 1 fully saturated rings. The van der Waals surface area contributed by atoms with Crippen molar-refractivity contribution in [1.29, 1.82) is 0 Å². The van der Waals surface area contributed by atoms with Crippen LogP contribution in [0.15, 0.2) is 47.9 Å². The number of aromatic nitrogens is 5. The average Bonchev–Trinajstić information content (AvgIpc) is 3.21. The minimum absolute atomic E-state index is 0.0761. The van der Waals surface area contributed by atoms with Gasteiger partial charge in [0.25, 0.3) is 11.5 Å². The van der Waals surface area contributed by atoms with Crippen molar-refractivity contribution in [3.8, 4) is 0 Å². The molecule has 1 unspecified atom stereocenters. The van der Waals surface area contributed by atoms with E-state index in [-0.39, 0.29) is 17.4 Å². The molecule has 28 heavy (non-hydrogen) atoms. The Morgan fingerprint density at radius 1 is 1.36 bits per heavy atom. The standard InChI is InChI=1S/C20H22N6O2/c1-14-4-2-5-15(8-14)16-6-3-7-25(10-16)20(28)17-9-22-18(24-19(17)27)11-26-13-21-12-23-26/h2,4-5,8-9,12-13,16H,3,6-7,10-11H2,1H3,(H,22,24,27). The van der Waals surface area contributed by atoms with E-state index >= 15 is 0 Å². The molecule has 3 aromatic rings. The lowest BCUT2D eigenvalue weighted by Crippen LogP contribution is -2.41. The quantitative estimate of drug-likeness (QED) is 0.746. The van der Waals surface area contributed by atoms with Gasteiger partial charge in [0.05, 0.1) is 0 Å². The van der Waals surface area contributed by atoms with Crippen molar-refractivity contribution in [3.05, 3.63) is 76.0 Å². The molecular formula is C20H22N6O2. The van der Waals surface area contributed by atoms with Crippen LogP contribution >= 0.6 is 0 Å². The molecule has 8 heteroatoms. The van der Waals surface area contributed by atoms with Crippen LogP contribution in [0, 0.1) is 6.92 Å². The Kier molecular flexibility index (Phi) is 5.01. The monoisotopic (exact) mass is 378 g/mol. The van der Waals surface area contributed by atoms with Gasteiger partial charge in [-0.1, -0.05) is 29.8 Å². The molecule has 3 heterocycles. The van der Waals surface area contributed by atoms with Crippen LogP contribution < -0.4 is 5.56 Å². The summed E-state index contributed by atoms with van der Waals surface area (Å²) >= 11 is 0. The lowest BCUT2D eigenvalue weighted by molar-refractivity contribution is 0.0704. The third-order valence-electron chi connectivity index (χ3n) is 5.08. The lowest BCUT2D eigenvalue weighted by atomic mass is 9.89. The van der Waals surface area contributed by atoms with Gasteiger partial charge in [0.2, 0.25) is 0 Å². The average molecular weight is 378 g/mol. The van der Waals surface area contributed by atoms with Crippen LogP contribution in [0.5, 0.6) is 0 Å². The van der Waals surface area contributed by atoms with Crippen LogP contribution in [-0.4, -0.2) is 48.6 Å². The molecule has 1 saturated heterocycles. The van der Waals surface area contributed by atoms with Gasteiger partial charge >= 0.3 is 0 Å². The summed E-state index contributed by atoms with van der Waals surface area (Å²) in [5.74, 6) is 0.456. The van der Waals surface area contributed by atoms with E-state index in [0.717, 1.165) is 12.8 Å². The Labute approximate surface area is 162 Å². The maximum atomic E-state index is 12.9. The van der Waals surface area contributed by atoms with Crippen molar-refractivity contribution in [2.75, 3.05) is 13.1 Å². The zero-order valence-electron chi connectivity index (χ0n) is 15.7. The van der Waals surface area contributed by atoms with E-state index in [1.54, 1.807) is 9.58 Å². The number of rotatable bonds is 4. The molecule has 1 aliphatic rings. The summed E-state index contributed by atoms with van der Waals surface area (Å²) in [6, 6.07) is 8.40. The number of amides is 1. The van der Waals surface area contributed by atoms with E-state index in [9.17, 15) is 9.59 Å². The van der Waals surface area contributed by atoms with E-state index < -0.39 is 5.56 Å². The Hall–Kier alpha value is -3.29. The Bertz CT molecular complexity index is 1030. The second-order valence-electron chi connectivity index (χ2n) is 7.17. The van der Waals surface area contributed by atoms with Crippen LogP contribution in [0.1, 0.15) is 46.1 Å². The Morgan fingerprint density at radius 3 is 3.00 bits per heavy atom. The largest absolute Gasteiger partial charge is 0.338 e. The number of benzene rings is 1. The molecule has 1 aliphatic heterocycles. The molecule has 4 rings (SSSR count).